The molecule has 2 aromatic rings. The largest absolute Gasteiger partial charge is 0.321 e. The van der Waals surface area contributed by atoms with Crippen molar-refractivity contribution in [3.8, 4) is 0 Å². The van der Waals surface area contributed by atoms with Crippen molar-refractivity contribution in [3.05, 3.63) is 66.0 Å². The second-order valence-corrected chi connectivity index (χ2v) is 6.24. The molecule has 5 nitrogen and oxygen atoms in total. The van der Waals surface area contributed by atoms with Crippen LogP contribution in [0.15, 0.2) is 45.3 Å². The van der Waals surface area contributed by atoms with Gasteiger partial charge in [0.1, 0.15) is 0 Å². The van der Waals surface area contributed by atoms with Crippen LogP contribution in [0.5, 0.6) is 0 Å². The van der Waals surface area contributed by atoms with Crippen LogP contribution < -0.4 is 5.32 Å². The summed E-state index contributed by atoms with van der Waals surface area (Å²) in [6.07, 6.45) is 0. The number of anilines is 1. The molecule has 0 atom stereocenters. The number of rotatable bonds is 3. The maximum Gasteiger partial charge on any atom is 0.271 e. The molecule has 1 amide bonds. The third-order valence-electron chi connectivity index (χ3n) is 2.53. The minimum atomic E-state index is -0.556. The summed E-state index contributed by atoms with van der Waals surface area (Å²) < 4.78 is 1.07. The van der Waals surface area contributed by atoms with Crippen molar-refractivity contribution in [3.63, 3.8) is 0 Å². The van der Waals surface area contributed by atoms with Gasteiger partial charge in [0.05, 0.1) is 10.6 Å². The molecule has 0 saturated heterocycles. The van der Waals surface area contributed by atoms with Crippen LogP contribution in [-0.2, 0) is 0 Å². The Morgan fingerprint density at radius 3 is 2.52 bits per heavy atom. The van der Waals surface area contributed by atoms with Gasteiger partial charge in [-0.25, -0.2) is 0 Å². The highest BCUT2D eigenvalue weighted by Gasteiger charge is 2.15. The van der Waals surface area contributed by atoms with E-state index in [-0.39, 0.29) is 11.3 Å². The lowest BCUT2D eigenvalue weighted by Crippen LogP contribution is -2.12. The van der Waals surface area contributed by atoms with E-state index in [0.29, 0.717) is 19.7 Å². The first-order valence-corrected chi connectivity index (χ1v) is 7.54. The lowest BCUT2D eigenvalue weighted by molar-refractivity contribution is -0.384. The fraction of sp³-hybridized carbons (Fsp3) is 0. The van der Waals surface area contributed by atoms with Gasteiger partial charge in [0.15, 0.2) is 0 Å². The van der Waals surface area contributed by atoms with Crippen LogP contribution in [0.2, 0.25) is 5.02 Å². The van der Waals surface area contributed by atoms with Gasteiger partial charge in [0.25, 0.3) is 11.6 Å². The number of nitro benzene ring substituents is 1. The van der Waals surface area contributed by atoms with E-state index >= 15 is 0 Å². The number of nitrogens with zero attached hydrogens (tertiary/aromatic N) is 1. The molecule has 0 heterocycles. The topological polar surface area (TPSA) is 72.2 Å². The van der Waals surface area contributed by atoms with Crippen LogP contribution in [0.1, 0.15) is 10.4 Å². The number of hydrogen-bond acceptors (Lipinski definition) is 3. The molecule has 0 spiro atoms. The van der Waals surface area contributed by atoms with Crippen molar-refractivity contribution in [2.75, 3.05) is 5.32 Å². The molecule has 0 aliphatic rings. The predicted molar refractivity (Wildman–Crippen MR) is 87.9 cm³/mol. The summed E-state index contributed by atoms with van der Waals surface area (Å²) in [5, 5.41) is 14.0. The van der Waals surface area contributed by atoms with Gasteiger partial charge in [-0.2, -0.15) is 0 Å². The highest BCUT2D eigenvalue weighted by atomic mass is 79.9. The number of hydrogen-bond donors (Lipinski definition) is 1. The normalized spacial score (nSPS) is 10.2. The van der Waals surface area contributed by atoms with Gasteiger partial charge in [-0.3, -0.25) is 14.9 Å². The molecule has 108 valence electrons. The van der Waals surface area contributed by atoms with E-state index in [9.17, 15) is 14.9 Å². The molecule has 21 heavy (non-hydrogen) atoms. The number of nitro groups is 1. The number of carbonyl (C=O) groups excluding carboxylic acids is 1. The maximum atomic E-state index is 12.2. The lowest BCUT2D eigenvalue weighted by atomic mass is 10.2. The van der Waals surface area contributed by atoms with E-state index in [1.807, 2.05) is 0 Å². The first-order valence-electron chi connectivity index (χ1n) is 5.58. The van der Waals surface area contributed by atoms with Crippen molar-refractivity contribution in [1.82, 2.24) is 0 Å². The predicted octanol–water partition coefficient (Wildman–Crippen LogP) is 5.03. The Kier molecular flexibility index (Phi) is 4.97. The van der Waals surface area contributed by atoms with Crippen molar-refractivity contribution in [2.24, 2.45) is 0 Å². The Morgan fingerprint density at radius 2 is 1.90 bits per heavy atom. The molecule has 0 bridgehead atoms. The summed E-state index contributed by atoms with van der Waals surface area (Å²) in [4.78, 5) is 22.4. The highest BCUT2D eigenvalue weighted by molar-refractivity contribution is 9.10. The van der Waals surface area contributed by atoms with Crippen molar-refractivity contribution < 1.29 is 9.72 Å². The second kappa shape index (κ2) is 6.55. The fourth-order valence-corrected chi connectivity index (χ4v) is 2.86. The van der Waals surface area contributed by atoms with E-state index in [2.05, 4.69) is 37.2 Å². The molecule has 8 heteroatoms. The highest BCUT2D eigenvalue weighted by Crippen LogP contribution is 2.27. The van der Waals surface area contributed by atoms with Crippen LogP contribution >= 0.6 is 43.5 Å². The molecule has 0 aromatic heterocycles. The lowest BCUT2D eigenvalue weighted by Gasteiger charge is -2.08. The zero-order chi connectivity index (χ0) is 15.6. The first kappa shape index (κ1) is 15.9. The van der Waals surface area contributed by atoms with Gasteiger partial charge >= 0.3 is 0 Å². The standard InChI is InChI=1S/C13H7Br2ClN2O3/c14-8-3-7(4-10(5-8)18(20)21)13(19)17-12-2-1-9(16)6-11(12)15/h1-6H,(H,17,19). The van der Waals surface area contributed by atoms with E-state index in [1.165, 1.54) is 18.2 Å². The SMILES string of the molecule is O=C(Nc1ccc(Cl)cc1Br)c1cc(Br)cc([N+](=O)[O-])c1. The minimum absolute atomic E-state index is 0.162. The van der Waals surface area contributed by atoms with Gasteiger partial charge in [0, 0.05) is 31.7 Å². The molecule has 1 N–H and O–H groups in total. The Bertz CT molecular complexity index is 737. The van der Waals surface area contributed by atoms with Crippen molar-refractivity contribution in [1.29, 1.82) is 0 Å². The summed E-state index contributed by atoms with van der Waals surface area (Å²) in [5.74, 6) is -0.456. The number of benzene rings is 2. The Balaban J connectivity index is 2.30. The summed E-state index contributed by atoms with van der Waals surface area (Å²) in [5.41, 5.74) is 0.537. The molecule has 0 unspecified atom stereocenters. The Hall–Kier alpha value is -1.44. The molecule has 0 aliphatic carbocycles. The molecule has 0 radical (unpaired) electrons. The number of nitrogens with one attached hydrogen (secondary N) is 1. The molecule has 0 aliphatic heterocycles. The fourth-order valence-electron chi connectivity index (χ4n) is 1.60. The molecular formula is C13H7Br2ClN2O3. The van der Waals surface area contributed by atoms with E-state index < -0.39 is 10.8 Å². The van der Waals surface area contributed by atoms with Gasteiger partial charge in [0.2, 0.25) is 0 Å². The molecular weight excluding hydrogens is 427 g/mol. The van der Waals surface area contributed by atoms with Crippen molar-refractivity contribution >= 4 is 60.7 Å². The number of carbonyl (C=O) groups is 1. The van der Waals surface area contributed by atoms with E-state index in [1.54, 1.807) is 18.2 Å². The van der Waals surface area contributed by atoms with Crippen molar-refractivity contribution in [2.45, 2.75) is 0 Å². The average Bonchev–Trinajstić information content (AvgIpc) is 2.41. The Labute approximate surface area is 141 Å². The smallest absolute Gasteiger partial charge is 0.271 e. The van der Waals surface area contributed by atoms with Crippen LogP contribution in [0.3, 0.4) is 0 Å². The summed E-state index contributed by atoms with van der Waals surface area (Å²) in [7, 11) is 0. The zero-order valence-corrected chi connectivity index (χ0v) is 14.2. The molecule has 0 fully saturated rings. The maximum absolute atomic E-state index is 12.2. The van der Waals surface area contributed by atoms with E-state index in [0.717, 1.165) is 0 Å². The van der Waals surface area contributed by atoms with Gasteiger partial charge in [-0.15, -0.1) is 0 Å². The van der Waals surface area contributed by atoms with Crippen LogP contribution in [-0.4, -0.2) is 10.8 Å². The first-order chi connectivity index (χ1) is 9.86. The summed E-state index contributed by atoms with van der Waals surface area (Å²) >= 11 is 12.3. The number of halogens is 3. The van der Waals surface area contributed by atoms with Gasteiger partial charge < -0.3 is 5.32 Å². The van der Waals surface area contributed by atoms with Crippen LogP contribution in [0.4, 0.5) is 11.4 Å². The third-order valence-corrected chi connectivity index (χ3v) is 3.88. The quantitative estimate of drug-likeness (QED) is 0.544. The van der Waals surface area contributed by atoms with Crippen LogP contribution in [0.25, 0.3) is 0 Å². The summed E-state index contributed by atoms with van der Waals surface area (Å²) in [6, 6.07) is 8.95. The monoisotopic (exact) mass is 432 g/mol. The van der Waals surface area contributed by atoms with Crippen LogP contribution in [0, 0.1) is 10.1 Å². The Morgan fingerprint density at radius 1 is 1.19 bits per heavy atom. The molecule has 2 rings (SSSR count). The van der Waals surface area contributed by atoms with Gasteiger partial charge in [-0.1, -0.05) is 27.5 Å². The van der Waals surface area contributed by atoms with Gasteiger partial charge in [-0.05, 0) is 40.2 Å². The average molecular weight is 434 g/mol. The third kappa shape index (κ3) is 4.03. The summed E-state index contributed by atoms with van der Waals surface area (Å²) in [6.45, 7) is 0. The molecule has 0 saturated carbocycles. The van der Waals surface area contributed by atoms with E-state index in [4.69, 9.17) is 11.6 Å². The minimum Gasteiger partial charge on any atom is -0.321 e. The number of non-ortho nitro benzene ring substituents is 1. The zero-order valence-electron chi connectivity index (χ0n) is 10.3. The number of amides is 1. The molecule has 2 aromatic carbocycles. The second-order valence-electron chi connectivity index (χ2n) is 4.03.